The molecular formula is C21H19F3N2O3. The number of halogens is 3. The average Bonchev–Trinajstić information content (AvgIpc) is 2.81. The van der Waals surface area contributed by atoms with Gasteiger partial charge in [-0.25, -0.2) is 0 Å². The molecule has 8 heteroatoms. The third-order valence-corrected chi connectivity index (χ3v) is 5.34. The molecule has 29 heavy (non-hydrogen) atoms. The van der Waals surface area contributed by atoms with E-state index >= 15 is 0 Å². The van der Waals surface area contributed by atoms with Crippen molar-refractivity contribution in [3.8, 4) is 11.5 Å². The Hall–Kier alpha value is -3.03. The Labute approximate surface area is 165 Å². The van der Waals surface area contributed by atoms with Gasteiger partial charge in [0.2, 0.25) is 0 Å². The maximum absolute atomic E-state index is 12.9. The van der Waals surface area contributed by atoms with Gasteiger partial charge in [0, 0.05) is 17.7 Å². The number of ketones is 1. The van der Waals surface area contributed by atoms with Crippen LogP contribution in [0.4, 0.5) is 18.9 Å². The summed E-state index contributed by atoms with van der Waals surface area (Å²) in [7, 11) is 0. The van der Waals surface area contributed by atoms with Gasteiger partial charge in [0.15, 0.2) is 11.5 Å². The van der Waals surface area contributed by atoms with E-state index in [4.69, 9.17) is 4.74 Å². The van der Waals surface area contributed by atoms with E-state index in [0.717, 1.165) is 0 Å². The van der Waals surface area contributed by atoms with Crippen LogP contribution in [0.5, 0.6) is 11.5 Å². The SMILES string of the molecule is CC(=O)c1ccc2c(c1)N1CCC[C@H](NC(=O)C(F)(F)F)[C@@H]1c1ccccc1O2. The standard InChI is InChI=1S/C21H19F3N2O3/c1-12(27)13-8-9-18-16(11-13)26-10-4-6-15(25-20(28)21(22,23)24)19(26)14-5-2-3-7-17(14)29-18/h2-3,5,7-9,11,15,19H,4,6,10H2,1H3,(H,25,28)/t15-,19-/m0/s1. The number of nitrogens with one attached hydrogen (secondary N) is 1. The molecular weight excluding hydrogens is 385 g/mol. The van der Waals surface area contributed by atoms with Crippen LogP contribution in [0.2, 0.25) is 0 Å². The zero-order valence-electron chi connectivity index (χ0n) is 15.6. The first-order chi connectivity index (χ1) is 13.8. The van der Waals surface area contributed by atoms with E-state index < -0.39 is 24.2 Å². The molecule has 0 unspecified atom stereocenters. The number of carbonyl (C=O) groups excluding carboxylic acids is 2. The molecule has 0 aromatic heterocycles. The maximum atomic E-state index is 12.9. The number of para-hydroxylation sites is 1. The third kappa shape index (κ3) is 3.54. The number of benzene rings is 2. The fourth-order valence-corrected chi connectivity index (χ4v) is 4.04. The number of rotatable bonds is 2. The molecule has 1 fully saturated rings. The van der Waals surface area contributed by atoms with Gasteiger partial charge in [0.1, 0.15) is 5.75 Å². The van der Waals surface area contributed by atoms with Crippen molar-refractivity contribution in [2.24, 2.45) is 0 Å². The van der Waals surface area contributed by atoms with Crippen LogP contribution < -0.4 is 15.0 Å². The Balaban J connectivity index is 1.82. The lowest BCUT2D eigenvalue weighted by Gasteiger charge is -2.42. The molecule has 1 saturated heterocycles. The minimum Gasteiger partial charge on any atom is -0.455 e. The highest BCUT2D eigenvalue weighted by Crippen LogP contribution is 2.47. The quantitative estimate of drug-likeness (QED) is 0.755. The summed E-state index contributed by atoms with van der Waals surface area (Å²) in [5.41, 5.74) is 1.81. The van der Waals surface area contributed by atoms with E-state index in [0.29, 0.717) is 47.7 Å². The van der Waals surface area contributed by atoms with Crippen LogP contribution in [0.3, 0.4) is 0 Å². The minimum atomic E-state index is -4.96. The summed E-state index contributed by atoms with van der Waals surface area (Å²) in [4.78, 5) is 25.5. The van der Waals surface area contributed by atoms with Gasteiger partial charge in [-0.2, -0.15) is 13.2 Å². The molecule has 1 amide bonds. The van der Waals surface area contributed by atoms with Crippen molar-refractivity contribution in [3.63, 3.8) is 0 Å². The lowest BCUT2D eigenvalue weighted by molar-refractivity contribution is -0.174. The molecule has 2 atom stereocenters. The molecule has 1 N–H and O–H groups in total. The van der Waals surface area contributed by atoms with E-state index in [2.05, 4.69) is 5.32 Å². The number of hydrogen-bond donors (Lipinski definition) is 1. The number of amides is 1. The molecule has 0 spiro atoms. The third-order valence-electron chi connectivity index (χ3n) is 5.34. The van der Waals surface area contributed by atoms with Crippen LogP contribution in [0.1, 0.15) is 41.7 Å². The van der Waals surface area contributed by atoms with Gasteiger partial charge in [0.25, 0.3) is 0 Å². The number of nitrogens with zero attached hydrogens (tertiary/aromatic N) is 1. The summed E-state index contributed by atoms with van der Waals surface area (Å²) < 4.78 is 44.8. The first-order valence-electron chi connectivity index (χ1n) is 9.32. The largest absolute Gasteiger partial charge is 0.471 e. The lowest BCUT2D eigenvalue weighted by Crippen LogP contribution is -2.52. The van der Waals surface area contributed by atoms with E-state index in [1.165, 1.54) is 6.92 Å². The molecule has 2 heterocycles. The van der Waals surface area contributed by atoms with Crippen molar-refractivity contribution in [3.05, 3.63) is 53.6 Å². The van der Waals surface area contributed by atoms with Crippen LogP contribution in [0.25, 0.3) is 0 Å². The molecule has 152 valence electrons. The predicted octanol–water partition coefficient (Wildman–Crippen LogP) is 4.38. The van der Waals surface area contributed by atoms with Gasteiger partial charge in [-0.1, -0.05) is 18.2 Å². The smallest absolute Gasteiger partial charge is 0.455 e. The monoisotopic (exact) mass is 404 g/mol. The Morgan fingerprint density at radius 3 is 2.62 bits per heavy atom. The van der Waals surface area contributed by atoms with Crippen LogP contribution in [0, 0.1) is 0 Å². The second-order valence-electron chi connectivity index (χ2n) is 7.24. The highest BCUT2D eigenvalue weighted by atomic mass is 19.4. The summed E-state index contributed by atoms with van der Waals surface area (Å²) >= 11 is 0. The zero-order chi connectivity index (χ0) is 20.8. The van der Waals surface area contributed by atoms with Crippen molar-refractivity contribution in [1.82, 2.24) is 5.32 Å². The van der Waals surface area contributed by atoms with E-state index in [9.17, 15) is 22.8 Å². The summed E-state index contributed by atoms with van der Waals surface area (Å²) in [6.07, 6.45) is -3.97. The number of fused-ring (bicyclic) bond motifs is 5. The fraction of sp³-hybridized carbons (Fsp3) is 0.333. The highest BCUT2D eigenvalue weighted by molar-refractivity contribution is 5.95. The second kappa shape index (κ2) is 7.09. The van der Waals surface area contributed by atoms with E-state index in [1.54, 1.807) is 42.5 Å². The molecule has 2 aromatic carbocycles. The molecule has 4 rings (SSSR count). The van der Waals surface area contributed by atoms with Crippen LogP contribution >= 0.6 is 0 Å². The van der Waals surface area contributed by atoms with Crippen molar-refractivity contribution >= 4 is 17.4 Å². The topological polar surface area (TPSA) is 58.6 Å². The summed E-state index contributed by atoms with van der Waals surface area (Å²) in [5, 5.41) is 2.17. The lowest BCUT2D eigenvalue weighted by atomic mass is 9.89. The van der Waals surface area contributed by atoms with Crippen LogP contribution in [-0.2, 0) is 4.79 Å². The van der Waals surface area contributed by atoms with Crippen molar-refractivity contribution in [2.45, 2.75) is 38.0 Å². The van der Waals surface area contributed by atoms with Crippen molar-refractivity contribution in [2.75, 3.05) is 11.4 Å². The van der Waals surface area contributed by atoms with Crippen LogP contribution in [0.15, 0.2) is 42.5 Å². The number of piperidine rings is 1. The number of ether oxygens (including phenoxy) is 1. The molecule has 0 bridgehead atoms. The number of anilines is 1. The molecule has 2 aliphatic heterocycles. The van der Waals surface area contributed by atoms with Gasteiger partial charge >= 0.3 is 12.1 Å². The fourth-order valence-electron chi connectivity index (χ4n) is 4.04. The van der Waals surface area contributed by atoms with Crippen molar-refractivity contribution in [1.29, 1.82) is 0 Å². The minimum absolute atomic E-state index is 0.120. The molecule has 0 radical (unpaired) electrons. The number of hydrogen-bond acceptors (Lipinski definition) is 4. The zero-order valence-corrected chi connectivity index (χ0v) is 15.6. The van der Waals surface area contributed by atoms with Gasteiger partial charge < -0.3 is 15.0 Å². The summed E-state index contributed by atoms with van der Waals surface area (Å²) in [6, 6.07) is 10.9. The summed E-state index contributed by atoms with van der Waals surface area (Å²) in [6.45, 7) is 2.02. The first kappa shape index (κ1) is 19.3. The number of carbonyl (C=O) groups is 2. The number of Topliss-reactive ketones (excluding diaryl/α,β-unsaturated/α-hetero) is 1. The summed E-state index contributed by atoms with van der Waals surface area (Å²) in [5.74, 6) is -1.03. The second-order valence-corrected chi connectivity index (χ2v) is 7.24. The molecule has 0 saturated carbocycles. The molecule has 2 aromatic rings. The van der Waals surface area contributed by atoms with Crippen LogP contribution in [-0.4, -0.2) is 30.5 Å². The van der Waals surface area contributed by atoms with Gasteiger partial charge in [-0.05, 0) is 44.0 Å². The van der Waals surface area contributed by atoms with Gasteiger partial charge in [-0.15, -0.1) is 0 Å². The highest BCUT2D eigenvalue weighted by Gasteiger charge is 2.44. The molecule has 2 aliphatic rings. The Morgan fingerprint density at radius 1 is 1.14 bits per heavy atom. The maximum Gasteiger partial charge on any atom is 0.471 e. The van der Waals surface area contributed by atoms with Crippen molar-refractivity contribution < 1.29 is 27.5 Å². The van der Waals surface area contributed by atoms with Gasteiger partial charge in [-0.3, -0.25) is 9.59 Å². The average molecular weight is 404 g/mol. The van der Waals surface area contributed by atoms with Gasteiger partial charge in [0.05, 0.1) is 17.8 Å². The van der Waals surface area contributed by atoms with E-state index in [1.807, 2.05) is 4.90 Å². The predicted molar refractivity (Wildman–Crippen MR) is 100 cm³/mol. The molecule has 5 nitrogen and oxygen atoms in total. The Morgan fingerprint density at radius 2 is 1.90 bits per heavy atom. The Bertz CT molecular complexity index is 974. The van der Waals surface area contributed by atoms with E-state index in [-0.39, 0.29) is 5.78 Å². The normalized spacial score (nSPS) is 20.5. The molecule has 0 aliphatic carbocycles. The Kier molecular flexibility index (Phi) is 4.72. The number of alkyl halides is 3. The first-order valence-corrected chi connectivity index (χ1v) is 9.32.